The van der Waals surface area contributed by atoms with Gasteiger partial charge in [-0.3, -0.25) is 0 Å². The summed E-state index contributed by atoms with van der Waals surface area (Å²) in [5, 5.41) is 0. The van der Waals surface area contributed by atoms with Crippen molar-refractivity contribution >= 4 is 29.2 Å². The van der Waals surface area contributed by atoms with Gasteiger partial charge in [-0.25, -0.2) is 9.13 Å². The van der Waals surface area contributed by atoms with Crippen molar-refractivity contribution in [1.82, 2.24) is 0 Å². The quantitative estimate of drug-likeness (QED) is 0.467. The Hall–Kier alpha value is -1.46. The highest BCUT2D eigenvalue weighted by molar-refractivity contribution is 8.10. The number of hydrogen-bond acceptors (Lipinski definition) is 1. The summed E-state index contributed by atoms with van der Waals surface area (Å²) < 4.78 is 4.26. The average Bonchev–Trinajstić information content (AvgIpc) is 2.31. The Labute approximate surface area is 118 Å². The molecule has 2 aromatic rings. The monoisotopic (exact) mass is 279 g/mol. The minimum atomic E-state index is 0.194. The molecule has 5 heteroatoms. The predicted octanol–water partition coefficient (Wildman–Crippen LogP) is 1.16. The van der Waals surface area contributed by atoms with E-state index in [-0.39, 0.29) is 4.32 Å². The van der Waals surface area contributed by atoms with Crippen LogP contribution >= 0.6 is 24.8 Å². The van der Waals surface area contributed by atoms with Crippen molar-refractivity contribution in [3.63, 3.8) is 0 Å². The molecule has 2 N–H and O–H groups in total. The molecule has 0 aromatic carbocycles. The first kappa shape index (κ1) is 14.6. The molecule has 2 aromatic heterocycles. The first-order chi connectivity index (χ1) is 8.49. The molecule has 0 aliphatic rings. The van der Waals surface area contributed by atoms with Crippen LogP contribution in [0.25, 0.3) is 11.1 Å². The van der Waals surface area contributed by atoms with Crippen LogP contribution in [0.3, 0.4) is 0 Å². The normalized spacial score (nSPS) is 9.28. The second kappa shape index (κ2) is 7.08. The van der Waals surface area contributed by atoms with Gasteiger partial charge in [0.25, 0.3) is 0 Å². The number of nitrogens with zero attached hydrogens (tertiary/aromatic N) is 2. The number of pyridine rings is 2. The third-order valence-corrected chi connectivity index (χ3v) is 2.29. The van der Waals surface area contributed by atoms with Crippen molar-refractivity contribution in [3.8, 4) is 11.1 Å². The van der Waals surface area contributed by atoms with E-state index in [4.69, 9.17) is 5.73 Å². The Morgan fingerprint density at radius 3 is 1.39 bits per heavy atom. The fourth-order valence-electron chi connectivity index (χ4n) is 1.39. The smallest absolute Gasteiger partial charge is 0.169 e. The number of thiol groups is 1. The summed E-state index contributed by atoms with van der Waals surface area (Å²) in [5.74, 6) is 0. The zero-order valence-corrected chi connectivity index (χ0v) is 12.2. The van der Waals surface area contributed by atoms with Gasteiger partial charge >= 0.3 is 0 Å². The third-order valence-electron chi connectivity index (χ3n) is 2.29. The van der Waals surface area contributed by atoms with Crippen LogP contribution in [0.1, 0.15) is 0 Å². The lowest BCUT2D eigenvalue weighted by Crippen LogP contribution is -2.26. The van der Waals surface area contributed by atoms with Crippen LogP contribution in [-0.2, 0) is 14.1 Å². The Morgan fingerprint density at radius 2 is 1.17 bits per heavy atom. The van der Waals surface area contributed by atoms with Gasteiger partial charge in [0.1, 0.15) is 18.4 Å². The minimum absolute atomic E-state index is 0.194. The molecular weight excluding hydrogens is 262 g/mol. The van der Waals surface area contributed by atoms with E-state index in [1.807, 2.05) is 23.2 Å². The Bertz CT molecular complexity index is 459. The highest BCUT2D eigenvalue weighted by Crippen LogP contribution is 2.14. The highest BCUT2D eigenvalue weighted by Gasteiger charge is 2.00. The van der Waals surface area contributed by atoms with Gasteiger partial charge in [-0.1, -0.05) is 12.2 Å². The van der Waals surface area contributed by atoms with E-state index in [1.165, 1.54) is 11.1 Å². The summed E-state index contributed by atoms with van der Waals surface area (Å²) >= 11 is 7.65. The molecule has 0 aliphatic heterocycles. The number of aryl methyl sites for hydroxylation is 2. The first-order valence-corrected chi connectivity index (χ1v) is 6.24. The fraction of sp³-hybridized carbons (Fsp3) is 0.154. The van der Waals surface area contributed by atoms with Crippen molar-refractivity contribution in [2.75, 3.05) is 0 Å². The molecule has 94 valence electrons. The molecule has 3 nitrogen and oxygen atoms in total. The molecule has 0 saturated carbocycles. The summed E-state index contributed by atoms with van der Waals surface area (Å²) in [5.41, 5.74) is 7.21. The zero-order chi connectivity index (χ0) is 13.5. The predicted molar refractivity (Wildman–Crippen MR) is 80.0 cm³/mol. The Morgan fingerprint density at radius 1 is 0.944 bits per heavy atom. The maximum Gasteiger partial charge on any atom is 0.169 e. The van der Waals surface area contributed by atoms with Crippen molar-refractivity contribution in [3.05, 3.63) is 49.1 Å². The number of aromatic nitrogens is 2. The maximum absolute atomic E-state index is 4.71. The Kier molecular flexibility index (Phi) is 5.74. The maximum atomic E-state index is 4.71. The topological polar surface area (TPSA) is 33.8 Å². The minimum Gasteiger partial charge on any atom is -0.385 e. The van der Waals surface area contributed by atoms with Crippen LogP contribution in [0.4, 0.5) is 0 Å². The van der Waals surface area contributed by atoms with Crippen LogP contribution in [0.15, 0.2) is 49.1 Å². The van der Waals surface area contributed by atoms with E-state index in [9.17, 15) is 0 Å². The lowest BCUT2D eigenvalue weighted by atomic mass is 10.1. The second-order valence-electron chi connectivity index (χ2n) is 3.84. The van der Waals surface area contributed by atoms with Crippen LogP contribution in [0.2, 0.25) is 0 Å². The molecule has 0 spiro atoms. The number of thiocarbonyl (C=S) groups is 1. The summed E-state index contributed by atoms with van der Waals surface area (Å²) in [6.07, 6.45) is 8.23. The standard InChI is InChI=1S/C12H14N2.CH3NS2/c1-13-7-3-11(4-8-13)12-5-9-14(2)10-6-12;2-1(3)4/h3-10H,1-2H3;(H3,2,3,4)/q+2;. The van der Waals surface area contributed by atoms with Crippen LogP contribution in [0.5, 0.6) is 0 Å². The largest absolute Gasteiger partial charge is 0.385 e. The summed E-state index contributed by atoms with van der Waals surface area (Å²) in [7, 11) is 4.05. The van der Waals surface area contributed by atoms with Gasteiger partial charge in [0.05, 0.1) is 0 Å². The second-order valence-corrected chi connectivity index (χ2v) is 5.07. The van der Waals surface area contributed by atoms with E-state index in [0.717, 1.165) is 0 Å². The van der Waals surface area contributed by atoms with Gasteiger partial charge in [-0.05, 0) is 11.1 Å². The molecule has 0 saturated heterocycles. The molecule has 0 unspecified atom stereocenters. The third kappa shape index (κ3) is 5.25. The van der Waals surface area contributed by atoms with Gasteiger partial charge in [0.15, 0.2) is 24.8 Å². The van der Waals surface area contributed by atoms with E-state index >= 15 is 0 Å². The molecule has 0 radical (unpaired) electrons. The van der Waals surface area contributed by atoms with Crippen LogP contribution in [0, 0.1) is 0 Å². The molecule has 0 atom stereocenters. The zero-order valence-electron chi connectivity index (χ0n) is 10.4. The van der Waals surface area contributed by atoms with Gasteiger partial charge in [-0.15, -0.1) is 12.6 Å². The van der Waals surface area contributed by atoms with Gasteiger partial charge in [0.2, 0.25) is 0 Å². The molecule has 0 amide bonds. The number of hydrogen-bond donors (Lipinski definition) is 2. The van der Waals surface area contributed by atoms with Crippen molar-refractivity contribution < 1.29 is 9.13 Å². The van der Waals surface area contributed by atoms with Crippen molar-refractivity contribution in [2.45, 2.75) is 0 Å². The van der Waals surface area contributed by atoms with Crippen molar-refractivity contribution in [2.24, 2.45) is 19.8 Å². The van der Waals surface area contributed by atoms with E-state index in [2.05, 4.69) is 73.9 Å². The Balaban J connectivity index is 0.000000357. The molecule has 0 aliphatic carbocycles. The van der Waals surface area contributed by atoms with Crippen LogP contribution < -0.4 is 14.9 Å². The first-order valence-electron chi connectivity index (χ1n) is 5.38. The average molecular weight is 279 g/mol. The number of rotatable bonds is 1. The molecule has 0 fully saturated rings. The van der Waals surface area contributed by atoms with E-state index < -0.39 is 0 Å². The van der Waals surface area contributed by atoms with Crippen LogP contribution in [-0.4, -0.2) is 4.32 Å². The molecule has 2 rings (SSSR count). The fourth-order valence-corrected chi connectivity index (χ4v) is 1.39. The van der Waals surface area contributed by atoms with E-state index in [1.54, 1.807) is 0 Å². The molecular formula is C13H17N3S2+2. The van der Waals surface area contributed by atoms with E-state index in [0.29, 0.717) is 0 Å². The summed E-state index contributed by atoms with van der Waals surface area (Å²) in [6.45, 7) is 0. The summed E-state index contributed by atoms with van der Waals surface area (Å²) in [6, 6.07) is 8.48. The summed E-state index contributed by atoms with van der Waals surface area (Å²) in [4.78, 5) is 0. The highest BCUT2D eigenvalue weighted by atomic mass is 32.1. The van der Waals surface area contributed by atoms with Crippen molar-refractivity contribution in [1.29, 1.82) is 0 Å². The number of nitrogens with two attached hydrogens (primary N) is 1. The SMILES string of the molecule is C[n+]1ccc(-c2cc[n+](C)cc2)cc1.NC(=S)S. The lowest BCUT2D eigenvalue weighted by Gasteiger charge is -1.97. The molecule has 18 heavy (non-hydrogen) atoms. The van der Waals surface area contributed by atoms with Gasteiger partial charge < -0.3 is 5.73 Å². The lowest BCUT2D eigenvalue weighted by molar-refractivity contribution is -0.671. The van der Waals surface area contributed by atoms with Gasteiger partial charge in [0, 0.05) is 24.3 Å². The van der Waals surface area contributed by atoms with Gasteiger partial charge in [-0.2, -0.15) is 0 Å². The molecule has 0 bridgehead atoms. The molecule has 2 heterocycles.